The highest BCUT2D eigenvalue weighted by Crippen LogP contribution is 2.20. The zero-order valence-electron chi connectivity index (χ0n) is 13.5. The maximum absolute atomic E-state index is 13.7. The van der Waals surface area contributed by atoms with Gasteiger partial charge in [-0.25, -0.2) is 17.6 Å². The summed E-state index contributed by atoms with van der Waals surface area (Å²) in [5, 5.41) is 10.4. The molecule has 3 rings (SSSR count). The lowest BCUT2D eigenvalue weighted by molar-refractivity contribution is -0.117. The molecule has 0 radical (unpaired) electrons. The van der Waals surface area contributed by atoms with Gasteiger partial charge in [0, 0.05) is 30.2 Å². The van der Waals surface area contributed by atoms with Gasteiger partial charge in [0.1, 0.15) is 6.54 Å². The monoisotopic (exact) mass is 367 g/mol. The minimum atomic E-state index is -1.49. The summed E-state index contributed by atoms with van der Waals surface area (Å²) in [5.74, 6) is -6.24. The van der Waals surface area contributed by atoms with E-state index in [1.807, 2.05) is 0 Å². The molecule has 1 N–H and O–H groups in total. The summed E-state index contributed by atoms with van der Waals surface area (Å²) in [4.78, 5) is 12.0. The van der Waals surface area contributed by atoms with Crippen LogP contribution in [0, 0.1) is 30.2 Å². The average molecular weight is 367 g/mol. The van der Waals surface area contributed by atoms with Gasteiger partial charge >= 0.3 is 0 Å². The Labute approximate surface area is 145 Å². The molecule has 0 unspecified atom stereocenters. The molecule has 1 amide bonds. The lowest BCUT2D eigenvalue weighted by Crippen LogP contribution is -2.20. The maximum Gasteiger partial charge on any atom is 0.247 e. The first kappa shape index (κ1) is 17.6. The number of halogens is 4. The molecule has 0 spiro atoms. The second-order valence-electron chi connectivity index (χ2n) is 5.52. The van der Waals surface area contributed by atoms with Crippen LogP contribution in [0.1, 0.15) is 11.3 Å². The highest BCUT2D eigenvalue weighted by molar-refractivity contribution is 5.89. The second-order valence-corrected chi connectivity index (χ2v) is 5.52. The standard InChI is InChI=1S/C16H13F4N5O/c1-9-2-4-21-25(9)8-14(26)22-13-3-5-24(23-13)7-10-15(19)11(17)6-12(18)16(10)20/h2-6H,7-8H2,1H3,(H,22,23,26). The Morgan fingerprint density at radius 3 is 2.46 bits per heavy atom. The molecule has 0 saturated carbocycles. The highest BCUT2D eigenvalue weighted by Gasteiger charge is 2.19. The van der Waals surface area contributed by atoms with E-state index in [0.29, 0.717) is 0 Å². The first-order chi connectivity index (χ1) is 12.3. The summed E-state index contributed by atoms with van der Waals surface area (Å²) < 4.78 is 56.4. The second kappa shape index (κ2) is 6.98. The SMILES string of the molecule is Cc1ccnn1CC(=O)Nc1ccn(Cc2c(F)c(F)cc(F)c2F)n1. The van der Waals surface area contributed by atoms with Crippen molar-refractivity contribution in [2.24, 2.45) is 0 Å². The van der Waals surface area contributed by atoms with Crippen molar-refractivity contribution in [3.63, 3.8) is 0 Å². The third-order valence-electron chi connectivity index (χ3n) is 3.65. The first-order valence-electron chi connectivity index (χ1n) is 7.48. The molecule has 0 fully saturated rings. The fourth-order valence-corrected chi connectivity index (χ4v) is 2.32. The minimum Gasteiger partial charge on any atom is -0.308 e. The average Bonchev–Trinajstić information content (AvgIpc) is 3.19. The van der Waals surface area contributed by atoms with Gasteiger partial charge in [-0.1, -0.05) is 0 Å². The van der Waals surface area contributed by atoms with Crippen molar-refractivity contribution in [1.29, 1.82) is 0 Å². The van der Waals surface area contributed by atoms with Crippen LogP contribution in [-0.4, -0.2) is 25.5 Å². The van der Waals surface area contributed by atoms with Crippen LogP contribution in [0.25, 0.3) is 0 Å². The Kier molecular flexibility index (Phi) is 4.74. The lowest BCUT2D eigenvalue weighted by Gasteiger charge is -2.07. The molecule has 136 valence electrons. The van der Waals surface area contributed by atoms with E-state index in [4.69, 9.17) is 0 Å². The van der Waals surface area contributed by atoms with E-state index in [9.17, 15) is 22.4 Å². The quantitative estimate of drug-likeness (QED) is 0.557. The van der Waals surface area contributed by atoms with E-state index in [2.05, 4.69) is 15.5 Å². The molecular formula is C16H13F4N5O. The van der Waals surface area contributed by atoms with E-state index in [1.54, 1.807) is 19.2 Å². The van der Waals surface area contributed by atoms with Gasteiger partial charge in [0.2, 0.25) is 5.91 Å². The van der Waals surface area contributed by atoms with Crippen LogP contribution < -0.4 is 5.32 Å². The van der Waals surface area contributed by atoms with Gasteiger partial charge < -0.3 is 5.32 Å². The van der Waals surface area contributed by atoms with Crippen LogP contribution in [0.2, 0.25) is 0 Å². The summed E-state index contributed by atoms with van der Waals surface area (Å²) in [6.45, 7) is 1.21. The van der Waals surface area contributed by atoms with Crippen molar-refractivity contribution < 1.29 is 22.4 Å². The van der Waals surface area contributed by atoms with Gasteiger partial charge in [-0.15, -0.1) is 0 Å². The first-order valence-corrected chi connectivity index (χ1v) is 7.48. The number of aromatic nitrogens is 4. The van der Waals surface area contributed by atoms with Crippen molar-refractivity contribution in [2.45, 2.75) is 20.0 Å². The third-order valence-corrected chi connectivity index (χ3v) is 3.65. The fraction of sp³-hybridized carbons (Fsp3) is 0.188. The summed E-state index contributed by atoms with van der Waals surface area (Å²) >= 11 is 0. The molecule has 26 heavy (non-hydrogen) atoms. The summed E-state index contributed by atoms with van der Waals surface area (Å²) in [7, 11) is 0. The van der Waals surface area contributed by atoms with Crippen molar-refractivity contribution in [3.05, 3.63) is 65.1 Å². The Bertz CT molecular complexity index is 939. The van der Waals surface area contributed by atoms with Crippen molar-refractivity contribution in [2.75, 3.05) is 5.32 Å². The lowest BCUT2D eigenvalue weighted by atomic mass is 10.2. The Balaban J connectivity index is 1.71. The number of carbonyl (C=O) groups excluding carboxylic acids is 1. The number of nitrogens with one attached hydrogen (secondary N) is 1. The number of rotatable bonds is 5. The van der Waals surface area contributed by atoms with E-state index < -0.39 is 41.3 Å². The molecule has 2 heterocycles. The smallest absolute Gasteiger partial charge is 0.247 e. The van der Waals surface area contributed by atoms with Gasteiger partial charge in [-0.05, 0) is 13.0 Å². The zero-order valence-corrected chi connectivity index (χ0v) is 13.5. The summed E-state index contributed by atoms with van der Waals surface area (Å²) in [6, 6.07) is 3.27. The summed E-state index contributed by atoms with van der Waals surface area (Å²) in [6.07, 6.45) is 2.87. The molecule has 0 saturated heterocycles. The van der Waals surface area contributed by atoms with E-state index in [0.717, 1.165) is 10.4 Å². The van der Waals surface area contributed by atoms with Crippen LogP contribution >= 0.6 is 0 Å². The van der Waals surface area contributed by atoms with Crippen LogP contribution in [0.5, 0.6) is 0 Å². The van der Waals surface area contributed by atoms with Crippen LogP contribution in [-0.2, 0) is 17.9 Å². The number of amides is 1. The topological polar surface area (TPSA) is 64.7 Å². The van der Waals surface area contributed by atoms with Crippen LogP contribution in [0.15, 0.2) is 30.6 Å². The van der Waals surface area contributed by atoms with E-state index in [1.165, 1.54) is 16.9 Å². The van der Waals surface area contributed by atoms with Gasteiger partial charge in [-0.3, -0.25) is 14.2 Å². The molecule has 1 aromatic carbocycles. The highest BCUT2D eigenvalue weighted by atomic mass is 19.2. The molecule has 0 atom stereocenters. The maximum atomic E-state index is 13.7. The van der Waals surface area contributed by atoms with Crippen molar-refractivity contribution in [1.82, 2.24) is 19.6 Å². The van der Waals surface area contributed by atoms with Crippen LogP contribution in [0.4, 0.5) is 23.4 Å². The number of benzene rings is 1. The molecule has 2 aromatic heterocycles. The predicted molar refractivity (Wildman–Crippen MR) is 83.2 cm³/mol. The minimum absolute atomic E-state index is 0.0376. The molecule has 0 aliphatic carbocycles. The van der Waals surface area contributed by atoms with Gasteiger partial charge in [0.15, 0.2) is 29.1 Å². The van der Waals surface area contributed by atoms with Gasteiger partial charge in [0.05, 0.1) is 12.1 Å². The van der Waals surface area contributed by atoms with Crippen LogP contribution in [0.3, 0.4) is 0 Å². The summed E-state index contributed by atoms with van der Waals surface area (Å²) in [5.41, 5.74) is 0.000373. The number of nitrogens with zero attached hydrogens (tertiary/aromatic N) is 4. The van der Waals surface area contributed by atoms with Gasteiger partial charge in [-0.2, -0.15) is 10.2 Å². The normalized spacial score (nSPS) is 11.0. The molecule has 0 aliphatic rings. The third kappa shape index (κ3) is 3.58. The Hall–Kier alpha value is -3.17. The van der Waals surface area contributed by atoms with E-state index >= 15 is 0 Å². The Morgan fingerprint density at radius 2 is 1.85 bits per heavy atom. The van der Waals surface area contributed by atoms with Crippen molar-refractivity contribution >= 4 is 11.7 Å². The molecule has 10 heteroatoms. The molecule has 6 nitrogen and oxygen atoms in total. The fourth-order valence-electron chi connectivity index (χ4n) is 2.32. The molecule has 0 aliphatic heterocycles. The zero-order chi connectivity index (χ0) is 18.8. The predicted octanol–water partition coefficient (Wildman–Crippen LogP) is 2.63. The number of carbonyl (C=O) groups is 1. The number of hydrogen-bond donors (Lipinski definition) is 1. The molecule has 3 aromatic rings. The number of hydrogen-bond acceptors (Lipinski definition) is 3. The number of anilines is 1. The molecular weight excluding hydrogens is 354 g/mol. The largest absolute Gasteiger partial charge is 0.308 e. The Morgan fingerprint density at radius 1 is 1.15 bits per heavy atom. The number of aryl methyl sites for hydroxylation is 1. The van der Waals surface area contributed by atoms with Crippen molar-refractivity contribution in [3.8, 4) is 0 Å². The molecule has 0 bridgehead atoms. The van der Waals surface area contributed by atoms with E-state index in [-0.39, 0.29) is 18.4 Å². The van der Waals surface area contributed by atoms with Gasteiger partial charge in [0.25, 0.3) is 0 Å².